The van der Waals surface area contributed by atoms with Crippen molar-refractivity contribution in [3.63, 3.8) is 0 Å². The maximum absolute atomic E-state index is 12.5. The van der Waals surface area contributed by atoms with E-state index in [9.17, 15) is 14.9 Å². The van der Waals surface area contributed by atoms with Crippen LogP contribution >= 0.6 is 0 Å². The van der Waals surface area contributed by atoms with Gasteiger partial charge in [0, 0.05) is 11.8 Å². The molecule has 0 aliphatic heterocycles. The molecule has 0 aromatic heterocycles. The summed E-state index contributed by atoms with van der Waals surface area (Å²) in [7, 11) is 1.48. The number of rotatable bonds is 8. The third-order valence-corrected chi connectivity index (χ3v) is 7.75. The molecular formula is C27H30N2O5. The highest BCUT2D eigenvalue weighted by atomic mass is 16.6. The predicted octanol–water partition coefficient (Wildman–Crippen LogP) is 5.43. The Bertz CT molecular complexity index is 1070. The van der Waals surface area contributed by atoms with E-state index in [1.165, 1.54) is 57.3 Å². The zero-order chi connectivity index (χ0) is 23.7. The van der Waals surface area contributed by atoms with Gasteiger partial charge in [0.15, 0.2) is 18.1 Å². The summed E-state index contributed by atoms with van der Waals surface area (Å²) >= 11 is 0. The second kappa shape index (κ2) is 9.12. The highest BCUT2D eigenvalue weighted by Crippen LogP contribution is 2.60. The van der Waals surface area contributed by atoms with Crippen LogP contribution in [0.1, 0.15) is 49.7 Å². The van der Waals surface area contributed by atoms with Crippen LogP contribution in [0.25, 0.3) is 6.08 Å². The zero-order valence-electron chi connectivity index (χ0n) is 19.4. The van der Waals surface area contributed by atoms with E-state index < -0.39 is 4.92 Å². The Kier molecular flexibility index (Phi) is 6.02. The second-order valence-electron chi connectivity index (χ2n) is 10.1. The summed E-state index contributed by atoms with van der Waals surface area (Å²) in [5.41, 5.74) is 3.13. The van der Waals surface area contributed by atoms with Gasteiger partial charge in [-0.3, -0.25) is 14.9 Å². The van der Waals surface area contributed by atoms with E-state index in [1.54, 1.807) is 18.2 Å². The highest BCUT2D eigenvalue weighted by Gasteiger charge is 2.51. The minimum atomic E-state index is -0.531. The number of benzene rings is 2. The lowest BCUT2D eigenvalue weighted by molar-refractivity contribution is -0.400. The number of carbonyl (C=O) groups is 1. The van der Waals surface area contributed by atoms with E-state index in [1.807, 2.05) is 12.1 Å². The van der Waals surface area contributed by atoms with Crippen LogP contribution in [0.2, 0.25) is 0 Å². The van der Waals surface area contributed by atoms with Crippen LogP contribution in [0, 0.1) is 27.9 Å². The van der Waals surface area contributed by atoms with Gasteiger partial charge in [-0.05, 0) is 97.1 Å². The Morgan fingerprint density at radius 1 is 1.06 bits per heavy atom. The second-order valence-corrected chi connectivity index (χ2v) is 10.1. The van der Waals surface area contributed by atoms with Crippen molar-refractivity contribution in [3.8, 4) is 11.5 Å². The first-order valence-corrected chi connectivity index (χ1v) is 12.0. The van der Waals surface area contributed by atoms with E-state index in [-0.39, 0.29) is 12.5 Å². The molecule has 0 atom stereocenters. The minimum Gasteiger partial charge on any atom is -0.493 e. The molecule has 178 valence electrons. The lowest BCUT2D eigenvalue weighted by atomic mass is 9.48. The third kappa shape index (κ3) is 4.65. The van der Waals surface area contributed by atoms with Crippen molar-refractivity contribution in [2.24, 2.45) is 17.8 Å². The van der Waals surface area contributed by atoms with Gasteiger partial charge in [-0.15, -0.1) is 0 Å². The maximum Gasteiger partial charge on any atom is 0.262 e. The number of nitro groups is 1. The molecule has 4 saturated carbocycles. The SMILES string of the molecule is COc1cc(/C=C\[N+](=O)[O-])ccc1OCC(=O)Nc1ccc(C23CC4CC(CC(C4)C2)C3)cc1. The van der Waals surface area contributed by atoms with Gasteiger partial charge in [0.1, 0.15) is 0 Å². The fourth-order valence-electron chi connectivity index (χ4n) is 6.77. The number of anilines is 1. The largest absolute Gasteiger partial charge is 0.493 e. The van der Waals surface area contributed by atoms with Crippen molar-refractivity contribution in [2.75, 3.05) is 19.0 Å². The Labute approximate surface area is 199 Å². The third-order valence-electron chi connectivity index (χ3n) is 7.75. The van der Waals surface area contributed by atoms with E-state index in [4.69, 9.17) is 9.47 Å². The summed E-state index contributed by atoms with van der Waals surface area (Å²) in [5, 5.41) is 13.4. The van der Waals surface area contributed by atoms with Gasteiger partial charge in [0.2, 0.25) is 6.20 Å². The molecular weight excluding hydrogens is 432 g/mol. The van der Waals surface area contributed by atoms with Crippen LogP contribution in [-0.4, -0.2) is 24.5 Å². The molecule has 0 heterocycles. The molecule has 4 fully saturated rings. The summed E-state index contributed by atoms with van der Waals surface area (Å²) in [6.07, 6.45) is 10.5. The number of nitrogens with zero attached hydrogens (tertiary/aromatic N) is 1. The molecule has 6 rings (SSSR count). The van der Waals surface area contributed by atoms with Crippen molar-refractivity contribution in [3.05, 3.63) is 69.9 Å². The van der Waals surface area contributed by atoms with Crippen molar-refractivity contribution in [2.45, 2.75) is 43.9 Å². The van der Waals surface area contributed by atoms with Gasteiger partial charge < -0.3 is 14.8 Å². The van der Waals surface area contributed by atoms with Gasteiger partial charge in [-0.2, -0.15) is 0 Å². The number of hydrogen-bond donors (Lipinski definition) is 1. The molecule has 0 saturated heterocycles. The van der Waals surface area contributed by atoms with Crippen LogP contribution in [0.15, 0.2) is 48.7 Å². The predicted molar refractivity (Wildman–Crippen MR) is 129 cm³/mol. The van der Waals surface area contributed by atoms with Crippen molar-refractivity contribution in [1.29, 1.82) is 0 Å². The molecule has 0 spiro atoms. The van der Waals surface area contributed by atoms with E-state index >= 15 is 0 Å². The quantitative estimate of drug-likeness (QED) is 0.417. The van der Waals surface area contributed by atoms with E-state index in [0.29, 0.717) is 22.5 Å². The van der Waals surface area contributed by atoms with Crippen LogP contribution in [0.5, 0.6) is 11.5 Å². The first kappa shape index (κ1) is 22.4. The molecule has 1 amide bonds. The lowest BCUT2D eigenvalue weighted by Crippen LogP contribution is -2.48. The van der Waals surface area contributed by atoms with E-state index in [0.717, 1.165) is 29.6 Å². The standard InChI is InChI=1S/C27H30N2O5/c1-33-25-13-18(8-9-29(31)32)2-7-24(25)34-17-26(30)28-23-5-3-22(4-6-23)27-14-19-10-20(15-27)12-21(11-19)16-27/h2-9,13,19-21H,10-12,14-17H2,1H3,(H,28,30)/b9-8-. The molecule has 0 radical (unpaired) electrons. The number of carbonyl (C=O) groups excluding carboxylic acids is 1. The number of nitrogens with one attached hydrogen (secondary N) is 1. The first-order chi connectivity index (χ1) is 16.4. The topological polar surface area (TPSA) is 90.7 Å². The zero-order valence-corrected chi connectivity index (χ0v) is 19.4. The molecule has 0 unspecified atom stereocenters. The summed E-state index contributed by atoms with van der Waals surface area (Å²) < 4.78 is 10.9. The summed E-state index contributed by atoms with van der Waals surface area (Å²) in [6, 6.07) is 13.3. The molecule has 2 aromatic rings. The Hall–Kier alpha value is -3.35. The van der Waals surface area contributed by atoms with Gasteiger partial charge >= 0.3 is 0 Å². The van der Waals surface area contributed by atoms with Gasteiger partial charge in [0.25, 0.3) is 5.91 Å². The van der Waals surface area contributed by atoms with Gasteiger partial charge in [-0.25, -0.2) is 0 Å². The number of hydrogen-bond acceptors (Lipinski definition) is 5. The molecule has 4 aliphatic carbocycles. The van der Waals surface area contributed by atoms with Crippen LogP contribution < -0.4 is 14.8 Å². The molecule has 4 bridgehead atoms. The smallest absolute Gasteiger partial charge is 0.262 e. The monoisotopic (exact) mass is 462 g/mol. The molecule has 4 aliphatic rings. The molecule has 2 aromatic carbocycles. The maximum atomic E-state index is 12.5. The first-order valence-electron chi connectivity index (χ1n) is 12.0. The molecule has 7 nitrogen and oxygen atoms in total. The van der Waals surface area contributed by atoms with Crippen molar-refractivity contribution in [1.82, 2.24) is 0 Å². The molecule has 7 heteroatoms. The number of amides is 1. The fourth-order valence-corrected chi connectivity index (χ4v) is 6.77. The summed E-state index contributed by atoms with van der Waals surface area (Å²) in [4.78, 5) is 22.4. The average molecular weight is 463 g/mol. The van der Waals surface area contributed by atoms with Gasteiger partial charge in [-0.1, -0.05) is 18.2 Å². The summed E-state index contributed by atoms with van der Waals surface area (Å²) in [5.74, 6) is 3.24. The van der Waals surface area contributed by atoms with Crippen molar-refractivity contribution < 1.29 is 19.2 Å². The number of ether oxygens (including phenoxy) is 2. The highest BCUT2D eigenvalue weighted by molar-refractivity contribution is 5.91. The molecule has 1 N–H and O–H groups in total. The average Bonchev–Trinajstić information content (AvgIpc) is 2.81. The Balaban J connectivity index is 1.18. The normalized spacial score (nSPS) is 27.0. The van der Waals surface area contributed by atoms with Gasteiger partial charge in [0.05, 0.1) is 12.0 Å². The summed E-state index contributed by atoms with van der Waals surface area (Å²) in [6.45, 7) is -0.169. The number of methoxy groups -OCH3 is 1. The van der Waals surface area contributed by atoms with Crippen LogP contribution in [0.3, 0.4) is 0 Å². The minimum absolute atomic E-state index is 0.169. The van der Waals surface area contributed by atoms with E-state index in [2.05, 4.69) is 17.4 Å². The lowest BCUT2D eigenvalue weighted by Gasteiger charge is -2.57. The van der Waals surface area contributed by atoms with Crippen LogP contribution in [-0.2, 0) is 10.2 Å². The van der Waals surface area contributed by atoms with Crippen LogP contribution in [0.4, 0.5) is 5.69 Å². The Morgan fingerprint density at radius 2 is 1.71 bits per heavy atom. The fraction of sp³-hybridized carbons (Fsp3) is 0.444. The Morgan fingerprint density at radius 3 is 2.29 bits per heavy atom. The van der Waals surface area contributed by atoms with Crippen molar-refractivity contribution >= 4 is 17.7 Å². The molecule has 34 heavy (non-hydrogen) atoms.